The number of carbonyl (C=O) groups is 1. The fraction of sp³-hybridized carbons (Fsp3) is 0.500. The van der Waals surface area contributed by atoms with Crippen LogP contribution in [0.25, 0.3) is 5.65 Å². The molecule has 0 aliphatic carbocycles. The molecule has 4 heterocycles. The molecule has 1 aliphatic rings. The van der Waals surface area contributed by atoms with Crippen molar-refractivity contribution in [2.75, 3.05) is 31.6 Å². The molecule has 8 nitrogen and oxygen atoms in total. The van der Waals surface area contributed by atoms with E-state index in [4.69, 9.17) is 0 Å². The Morgan fingerprint density at radius 2 is 2.00 bits per heavy atom. The number of anilines is 1. The van der Waals surface area contributed by atoms with Crippen LogP contribution < -0.4 is 4.90 Å². The minimum atomic E-state index is -0.00543. The lowest BCUT2D eigenvalue weighted by atomic mass is 9.96. The van der Waals surface area contributed by atoms with Crippen LogP contribution in [0.4, 0.5) is 5.82 Å². The molecule has 0 unspecified atom stereocenters. The Kier molecular flexibility index (Phi) is 4.78. The van der Waals surface area contributed by atoms with E-state index < -0.39 is 0 Å². The molecule has 0 radical (unpaired) electrons. The quantitative estimate of drug-likeness (QED) is 0.692. The average Bonchev–Trinajstić information content (AvgIpc) is 3.27. The zero-order chi connectivity index (χ0) is 19.8. The minimum Gasteiger partial charge on any atom is -0.356 e. The Morgan fingerprint density at radius 1 is 1.25 bits per heavy atom. The third-order valence-electron chi connectivity index (χ3n) is 5.62. The van der Waals surface area contributed by atoms with Gasteiger partial charge in [-0.3, -0.25) is 9.48 Å². The lowest BCUT2D eigenvalue weighted by Crippen LogP contribution is -2.40. The number of hydrogen-bond donors (Lipinski definition) is 0. The highest BCUT2D eigenvalue weighted by molar-refractivity contribution is 5.92. The first-order chi connectivity index (χ1) is 13.4. The van der Waals surface area contributed by atoms with Crippen molar-refractivity contribution in [3.8, 4) is 0 Å². The van der Waals surface area contributed by atoms with Crippen LogP contribution in [0.1, 0.15) is 34.7 Å². The fourth-order valence-electron chi connectivity index (χ4n) is 3.92. The van der Waals surface area contributed by atoms with Gasteiger partial charge >= 0.3 is 0 Å². The Bertz CT molecular complexity index is 978. The third kappa shape index (κ3) is 3.46. The molecule has 28 heavy (non-hydrogen) atoms. The number of fused-ring (bicyclic) bond motifs is 1. The van der Waals surface area contributed by atoms with E-state index in [1.165, 1.54) is 0 Å². The van der Waals surface area contributed by atoms with Crippen LogP contribution in [-0.4, -0.2) is 61.9 Å². The molecule has 0 N–H and O–H groups in total. The Balaban J connectivity index is 1.38. The van der Waals surface area contributed by atoms with Crippen molar-refractivity contribution in [3.05, 3.63) is 41.5 Å². The lowest BCUT2D eigenvalue weighted by Gasteiger charge is -2.35. The molecule has 3 aromatic rings. The van der Waals surface area contributed by atoms with E-state index in [0.717, 1.165) is 55.3 Å². The van der Waals surface area contributed by atoms with E-state index in [0.29, 0.717) is 11.6 Å². The second-order valence-corrected chi connectivity index (χ2v) is 7.77. The molecule has 0 bridgehead atoms. The van der Waals surface area contributed by atoms with Crippen molar-refractivity contribution in [3.63, 3.8) is 0 Å². The fourth-order valence-corrected chi connectivity index (χ4v) is 3.92. The molecular formula is C20H27N7O. The first-order valence-corrected chi connectivity index (χ1v) is 9.75. The van der Waals surface area contributed by atoms with E-state index >= 15 is 0 Å². The first-order valence-electron chi connectivity index (χ1n) is 9.75. The van der Waals surface area contributed by atoms with Crippen molar-refractivity contribution in [2.24, 2.45) is 13.0 Å². The van der Waals surface area contributed by atoms with Crippen LogP contribution in [0, 0.1) is 19.8 Å². The van der Waals surface area contributed by atoms with Crippen molar-refractivity contribution in [2.45, 2.75) is 26.7 Å². The maximum atomic E-state index is 12.6. The SMILES string of the molecule is Cc1cc(N2CCC(CN(C)C(=O)c3cc(C)n(C)n3)CC2)n2nccc2n1. The molecule has 0 atom stereocenters. The molecule has 1 amide bonds. The van der Waals surface area contributed by atoms with Crippen LogP contribution in [0.5, 0.6) is 0 Å². The number of carbonyl (C=O) groups excluding carboxylic acids is 1. The maximum absolute atomic E-state index is 12.6. The van der Waals surface area contributed by atoms with Crippen molar-refractivity contribution < 1.29 is 4.79 Å². The highest BCUT2D eigenvalue weighted by Crippen LogP contribution is 2.25. The Hall–Kier alpha value is -2.90. The molecule has 8 heteroatoms. The molecule has 3 aromatic heterocycles. The third-order valence-corrected chi connectivity index (χ3v) is 5.62. The van der Waals surface area contributed by atoms with Gasteiger partial charge in [0.05, 0.1) is 6.20 Å². The summed E-state index contributed by atoms with van der Waals surface area (Å²) in [4.78, 5) is 21.3. The second-order valence-electron chi connectivity index (χ2n) is 7.77. The van der Waals surface area contributed by atoms with Gasteiger partial charge in [0.1, 0.15) is 5.82 Å². The van der Waals surface area contributed by atoms with Crippen molar-refractivity contribution >= 4 is 17.4 Å². The standard InChI is InChI=1S/C20H27N7O/c1-14-11-19(27-18(22-14)5-8-21-27)26-9-6-16(7-10-26)13-24(3)20(28)17-12-15(2)25(4)23-17/h5,8,11-12,16H,6-7,9-10,13H2,1-4H3. The van der Waals surface area contributed by atoms with E-state index in [2.05, 4.69) is 26.1 Å². The number of hydrogen-bond acceptors (Lipinski definition) is 5. The van der Waals surface area contributed by atoms with Crippen LogP contribution in [-0.2, 0) is 7.05 Å². The molecule has 0 saturated carbocycles. The number of aryl methyl sites for hydroxylation is 3. The van der Waals surface area contributed by atoms with Crippen molar-refractivity contribution in [1.82, 2.24) is 29.3 Å². The molecular weight excluding hydrogens is 354 g/mol. The molecule has 1 saturated heterocycles. The number of piperidine rings is 1. The maximum Gasteiger partial charge on any atom is 0.274 e. The van der Waals surface area contributed by atoms with Gasteiger partial charge in [-0.1, -0.05) is 0 Å². The summed E-state index contributed by atoms with van der Waals surface area (Å²) in [6.07, 6.45) is 3.88. The van der Waals surface area contributed by atoms with Gasteiger partial charge in [-0.25, -0.2) is 4.98 Å². The van der Waals surface area contributed by atoms with E-state index in [-0.39, 0.29) is 5.91 Å². The number of rotatable bonds is 4. The predicted octanol–water partition coefficient (Wildman–Crippen LogP) is 2.07. The van der Waals surface area contributed by atoms with Gasteiger partial charge in [0.15, 0.2) is 11.3 Å². The van der Waals surface area contributed by atoms with Gasteiger partial charge in [0.25, 0.3) is 5.91 Å². The summed E-state index contributed by atoms with van der Waals surface area (Å²) in [7, 11) is 3.73. The van der Waals surface area contributed by atoms with E-state index in [9.17, 15) is 4.79 Å². The van der Waals surface area contributed by atoms with Crippen LogP contribution >= 0.6 is 0 Å². The number of amides is 1. The molecule has 1 aliphatic heterocycles. The normalized spacial score (nSPS) is 15.4. The number of aromatic nitrogens is 5. The highest BCUT2D eigenvalue weighted by atomic mass is 16.2. The summed E-state index contributed by atoms with van der Waals surface area (Å²) < 4.78 is 3.65. The molecule has 148 valence electrons. The minimum absolute atomic E-state index is 0.00543. The summed E-state index contributed by atoms with van der Waals surface area (Å²) in [5.74, 6) is 1.58. The molecule has 1 fully saturated rings. The molecule has 4 rings (SSSR count). The largest absolute Gasteiger partial charge is 0.356 e. The monoisotopic (exact) mass is 381 g/mol. The van der Waals surface area contributed by atoms with Gasteiger partial charge < -0.3 is 9.80 Å². The van der Waals surface area contributed by atoms with Gasteiger partial charge in [-0.05, 0) is 38.7 Å². The van der Waals surface area contributed by atoms with Gasteiger partial charge in [-0.15, -0.1) is 0 Å². The zero-order valence-electron chi connectivity index (χ0n) is 17.0. The van der Waals surface area contributed by atoms with Gasteiger partial charge in [-0.2, -0.15) is 14.7 Å². The first kappa shape index (κ1) is 18.5. The predicted molar refractivity (Wildman–Crippen MR) is 108 cm³/mol. The van der Waals surface area contributed by atoms with Crippen LogP contribution in [0.15, 0.2) is 24.4 Å². The molecule has 0 spiro atoms. The second kappa shape index (κ2) is 7.26. The van der Waals surface area contributed by atoms with Crippen LogP contribution in [0.3, 0.4) is 0 Å². The summed E-state index contributed by atoms with van der Waals surface area (Å²) in [5.41, 5.74) is 3.39. The number of nitrogens with zero attached hydrogens (tertiary/aromatic N) is 7. The van der Waals surface area contributed by atoms with E-state index in [1.807, 2.05) is 49.5 Å². The van der Waals surface area contributed by atoms with Gasteiger partial charge in [0.2, 0.25) is 0 Å². The Labute approximate surface area is 164 Å². The summed E-state index contributed by atoms with van der Waals surface area (Å²) in [6.45, 7) is 6.64. The van der Waals surface area contributed by atoms with Crippen LogP contribution in [0.2, 0.25) is 0 Å². The summed E-state index contributed by atoms with van der Waals surface area (Å²) in [6, 6.07) is 5.88. The summed E-state index contributed by atoms with van der Waals surface area (Å²) >= 11 is 0. The lowest BCUT2D eigenvalue weighted by molar-refractivity contribution is 0.0758. The van der Waals surface area contributed by atoms with Gasteiger partial charge in [0, 0.05) is 57.3 Å². The van der Waals surface area contributed by atoms with E-state index in [1.54, 1.807) is 10.9 Å². The zero-order valence-corrected chi connectivity index (χ0v) is 17.0. The average molecular weight is 381 g/mol. The summed E-state index contributed by atoms with van der Waals surface area (Å²) in [5, 5.41) is 8.73. The topological polar surface area (TPSA) is 71.6 Å². The molecule has 0 aromatic carbocycles. The smallest absolute Gasteiger partial charge is 0.274 e. The van der Waals surface area contributed by atoms with Crippen molar-refractivity contribution in [1.29, 1.82) is 0 Å². The highest BCUT2D eigenvalue weighted by Gasteiger charge is 2.25. The Morgan fingerprint density at radius 3 is 2.68 bits per heavy atom.